The van der Waals surface area contributed by atoms with Gasteiger partial charge < -0.3 is 9.73 Å². The zero-order chi connectivity index (χ0) is 16.8. The number of benzene rings is 1. The maximum Gasteiger partial charge on any atom is 0.230 e. The van der Waals surface area contributed by atoms with Gasteiger partial charge in [-0.2, -0.15) is 0 Å². The van der Waals surface area contributed by atoms with Crippen molar-refractivity contribution in [3.63, 3.8) is 0 Å². The van der Waals surface area contributed by atoms with E-state index < -0.39 is 0 Å². The molecule has 6 heteroatoms. The third-order valence-corrected chi connectivity index (χ3v) is 4.73. The van der Waals surface area contributed by atoms with E-state index in [4.69, 9.17) is 16.0 Å². The molecule has 1 amide bonds. The molecule has 1 N–H and O–H groups in total. The fraction of sp³-hybridized carbons (Fsp3) is 0.412. The summed E-state index contributed by atoms with van der Waals surface area (Å²) in [5.74, 6) is 2.11. The van der Waals surface area contributed by atoms with Crippen molar-refractivity contribution < 1.29 is 9.21 Å². The molecule has 1 aromatic heterocycles. The van der Waals surface area contributed by atoms with Crippen molar-refractivity contribution in [3.05, 3.63) is 41.2 Å². The number of rotatable bonds is 7. The molecule has 0 saturated carbocycles. The number of oxazole rings is 1. The highest BCUT2D eigenvalue weighted by atomic mass is 35.5. The average molecular weight is 353 g/mol. The van der Waals surface area contributed by atoms with Crippen molar-refractivity contribution in [2.45, 2.75) is 32.6 Å². The number of nitrogens with zero attached hydrogens (tertiary/aromatic N) is 1. The fourth-order valence-corrected chi connectivity index (χ4v) is 2.65. The van der Waals surface area contributed by atoms with Crippen molar-refractivity contribution in [3.8, 4) is 11.5 Å². The summed E-state index contributed by atoms with van der Waals surface area (Å²) in [6, 6.07) is 7.52. The third-order valence-electron chi connectivity index (χ3n) is 3.51. The highest BCUT2D eigenvalue weighted by Gasteiger charge is 2.11. The van der Waals surface area contributed by atoms with E-state index in [2.05, 4.69) is 24.1 Å². The van der Waals surface area contributed by atoms with Gasteiger partial charge in [-0.05, 0) is 37.1 Å². The number of carbonyl (C=O) groups is 1. The Morgan fingerprint density at radius 1 is 1.30 bits per heavy atom. The summed E-state index contributed by atoms with van der Waals surface area (Å²) in [5, 5.41) is 3.66. The van der Waals surface area contributed by atoms with Crippen LogP contribution in [0.2, 0.25) is 5.02 Å². The van der Waals surface area contributed by atoms with Crippen LogP contribution in [0.15, 0.2) is 34.9 Å². The molecule has 2 rings (SSSR count). The number of hydrogen-bond acceptors (Lipinski definition) is 4. The molecule has 1 aromatic carbocycles. The molecule has 1 unspecified atom stereocenters. The molecule has 1 atom stereocenters. The molecule has 23 heavy (non-hydrogen) atoms. The van der Waals surface area contributed by atoms with Crippen molar-refractivity contribution in [2.75, 3.05) is 5.75 Å². The molecule has 0 aliphatic carbocycles. The molecule has 0 aliphatic heterocycles. The number of amides is 1. The van der Waals surface area contributed by atoms with Gasteiger partial charge in [-0.3, -0.25) is 4.79 Å². The predicted octanol–water partition coefficient (Wildman–Crippen LogP) is 4.39. The molecule has 2 aromatic rings. The molecule has 0 spiro atoms. The topological polar surface area (TPSA) is 55.1 Å². The smallest absolute Gasteiger partial charge is 0.230 e. The minimum Gasteiger partial charge on any atom is -0.444 e. The molecule has 124 valence electrons. The van der Waals surface area contributed by atoms with Crippen molar-refractivity contribution in [1.82, 2.24) is 10.3 Å². The first-order valence-corrected chi connectivity index (χ1v) is 9.06. The third kappa shape index (κ3) is 5.59. The van der Waals surface area contributed by atoms with E-state index in [0.717, 1.165) is 11.3 Å². The summed E-state index contributed by atoms with van der Waals surface area (Å²) in [6.07, 6.45) is 1.63. The summed E-state index contributed by atoms with van der Waals surface area (Å²) >= 11 is 7.39. The minimum atomic E-state index is 0.0534. The first-order chi connectivity index (χ1) is 11.0. The second-order valence-electron chi connectivity index (χ2n) is 5.74. The average Bonchev–Trinajstić information content (AvgIpc) is 2.96. The van der Waals surface area contributed by atoms with E-state index in [-0.39, 0.29) is 11.9 Å². The van der Waals surface area contributed by atoms with E-state index >= 15 is 0 Å². The van der Waals surface area contributed by atoms with Crippen LogP contribution in [0.4, 0.5) is 0 Å². The zero-order valence-electron chi connectivity index (χ0n) is 13.5. The number of carbonyl (C=O) groups excluding carboxylic acids is 1. The standard InChI is InChI=1S/C17H21ClN2O2S/c1-11(2)12(3)19-16(21)10-23-9-15-8-22-17(20-15)13-4-6-14(18)7-5-13/h4-8,11-12H,9-10H2,1-3H3,(H,19,21). The Labute approximate surface area is 146 Å². The van der Waals surface area contributed by atoms with Gasteiger partial charge in [0.2, 0.25) is 11.8 Å². The number of aromatic nitrogens is 1. The largest absolute Gasteiger partial charge is 0.444 e. The number of thioether (sulfide) groups is 1. The Kier molecular flexibility index (Phi) is 6.54. The zero-order valence-corrected chi connectivity index (χ0v) is 15.1. The maximum atomic E-state index is 11.8. The fourth-order valence-electron chi connectivity index (χ4n) is 1.81. The number of hydrogen-bond donors (Lipinski definition) is 1. The molecular formula is C17H21ClN2O2S. The van der Waals surface area contributed by atoms with Gasteiger partial charge in [-0.15, -0.1) is 11.8 Å². The van der Waals surface area contributed by atoms with Gasteiger partial charge in [-0.25, -0.2) is 4.98 Å². The van der Waals surface area contributed by atoms with Crippen molar-refractivity contribution >= 4 is 29.3 Å². The van der Waals surface area contributed by atoms with Crippen LogP contribution in [0.1, 0.15) is 26.5 Å². The van der Waals surface area contributed by atoms with Crippen LogP contribution in [0, 0.1) is 5.92 Å². The molecule has 0 radical (unpaired) electrons. The van der Waals surface area contributed by atoms with E-state index in [1.165, 1.54) is 11.8 Å². The first kappa shape index (κ1) is 17.9. The normalized spacial score (nSPS) is 12.4. The quantitative estimate of drug-likeness (QED) is 0.803. The molecule has 0 fully saturated rings. The van der Waals surface area contributed by atoms with Gasteiger partial charge >= 0.3 is 0 Å². The van der Waals surface area contributed by atoms with Gasteiger partial charge in [0.05, 0.1) is 11.4 Å². The van der Waals surface area contributed by atoms with Gasteiger partial charge in [0, 0.05) is 22.4 Å². The molecular weight excluding hydrogens is 332 g/mol. The Morgan fingerprint density at radius 2 is 2.00 bits per heavy atom. The Balaban J connectivity index is 1.81. The Morgan fingerprint density at radius 3 is 2.65 bits per heavy atom. The highest BCUT2D eigenvalue weighted by Crippen LogP contribution is 2.22. The second kappa shape index (κ2) is 8.41. The van der Waals surface area contributed by atoms with Gasteiger partial charge in [0.1, 0.15) is 6.26 Å². The summed E-state index contributed by atoms with van der Waals surface area (Å²) in [6.45, 7) is 6.20. The van der Waals surface area contributed by atoms with Crippen LogP contribution >= 0.6 is 23.4 Å². The van der Waals surface area contributed by atoms with Gasteiger partial charge in [-0.1, -0.05) is 25.4 Å². The van der Waals surface area contributed by atoms with E-state index in [0.29, 0.717) is 28.3 Å². The molecule has 0 bridgehead atoms. The van der Waals surface area contributed by atoms with Gasteiger partial charge in [0.25, 0.3) is 0 Å². The minimum absolute atomic E-state index is 0.0534. The van der Waals surface area contributed by atoms with Crippen LogP contribution in [0.5, 0.6) is 0 Å². The lowest BCUT2D eigenvalue weighted by Crippen LogP contribution is -2.37. The first-order valence-electron chi connectivity index (χ1n) is 7.53. The lowest BCUT2D eigenvalue weighted by atomic mass is 10.1. The molecule has 1 heterocycles. The van der Waals surface area contributed by atoms with Crippen LogP contribution < -0.4 is 5.32 Å². The van der Waals surface area contributed by atoms with Crippen LogP contribution in [-0.4, -0.2) is 22.7 Å². The highest BCUT2D eigenvalue weighted by molar-refractivity contribution is 7.99. The Hall–Kier alpha value is -1.46. The van der Waals surface area contributed by atoms with Crippen LogP contribution in [-0.2, 0) is 10.5 Å². The summed E-state index contributed by atoms with van der Waals surface area (Å²) in [4.78, 5) is 16.3. The molecule has 0 aliphatic rings. The summed E-state index contributed by atoms with van der Waals surface area (Å²) in [7, 11) is 0. The van der Waals surface area contributed by atoms with E-state index in [1.807, 2.05) is 19.1 Å². The Bertz CT molecular complexity index is 640. The van der Waals surface area contributed by atoms with Crippen molar-refractivity contribution in [1.29, 1.82) is 0 Å². The number of halogens is 1. The lowest BCUT2D eigenvalue weighted by Gasteiger charge is -2.17. The monoisotopic (exact) mass is 352 g/mol. The van der Waals surface area contributed by atoms with E-state index in [1.54, 1.807) is 18.4 Å². The number of nitrogens with one attached hydrogen (secondary N) is 1. The summed E-state index contributed by atoms with van der Waals surface area (Å²) < 4.78 is 5.48. The summed E-state index contributed by atoms with van der Waals surface area (Å²) in [5.41, 5.74) is 1.71. The molecule has 4 nitrogen and oxygen atoms in total. The van der Waals surface area contributed by atoms with Crippen LogP contribution in [0.3, 0.4) is 0 Å². The van der Waals surface area contributed by atoms with Crippen LogP contribution in [0.25, 0.3) is 11.5 Å². The molecule has 0 saturated heterocycles. The SMILES string of the molecule is CC(C)C(C)NC(=O)CSCc1coc(-c2ccc(Cl)cc2)n1. The maximum absolute atomic E-state index is 11.8. The lowest BCUT2D eigenvalue weighted by molar-refractivity contribution is -0.119. The predicted molar refractivity (Wildman–Crippen MR) is 95.6 cm³/mol. The second-order valence-corrected chi connectivity index (χ2v) is 7.17. The van der Waals surface area contributed by atoms with Crippen molar-refractivity contribution in [2.24, 2.45) is 5.92 Å². The van der Waals surface area contributed by atoms with Gasteiger partial charge in [0.15, 0.2) is 0 Å². The van der Waals surface area contributed by atoms with E-state index in [9.17, 15) is 4.79 Å².